The summed E-state index contributed by atoms with van der Waals surface area (Å²) >= 11 is 0. The maximum Gasteiger partial charge on any atom is 0.342 e. The molecule has 2 unspecified atom stereocenters. The Morgan fingerprint density at radius 3 is 2.15 bits per heavy atom. The third-order valence-electron chi connectivity index (χ3n) is 7.42. The molecule has 0 bridgehead atoms. The van der Waals surface area contributed by atoms with Gasteiger partial charge in [-0.2, -0.15) is 0 Å². The van der Waals surface area contributed by atoms with Gasteiger partial charge in [0.2, 0.25) is 18.6 Å². The van der Waals surface area contributed by atoms with Crippen molar-refractivity contribution in [2.24, 2.45) is 5.73 Å². The van der Waals surface area contributed by atoms with Crippen LogP contribution in [0.25, 0.3) is 5.57 Å². The summed E-state index contributed by atoms with van der Waals surface area (Å²) in [5.74, 6) is -2.74. The number of rotatable bonds is 12. The van der Waals surface area contributed by atoms with Gasteiger partial charge >= 0.3 is 23.7 Å². The lowest BCUT2D eigenvalue weighted by Gasteiger charge is -2.32. The summed E-state index contributed by atoms with van der Waals surface area (Å²) in [6.45, 7) is 1.57. The average molecular weight is 636 g/mol. The van der Waals surface area contributed by atoms with E-state index in [4.69, 9.17) is 48.4 Å². The van der Waals surface area contributed by atoms with Crippen molar-refractivity contribution in [3.63, 3.8) is 0 Å². The summed E-state index contributed by atoms with van der Waals surface area (Å²) in [5.41, 5.74) is 7.46. The average Bonchev–Trinajstić information content (AvgIpc) is 3.65. The van der Waals surface area contributed by atoms with Crippen LogP contribution < -0.4 is 34.2 Å². The second-order valence-corrected chi connectivity index (χ2v) is 10.0. The molecule has 0 amide bonds. The fourth-order valence-electron chi connectivity index (χ4n) is 5.24. The van der Waals surface area contributed by atoms with Crippen LogP contribution >= 0.6 is 0 Å². The molecular formula is C33H33NO12. The Labute approximate surface area is 264 Å². The van der Waals surface area contributed by atoms with E-state index in [9.17, 15) is 14.4 Å². The zero-order chi connectivity index (χ0) is 33.0. The second kappa shape index (κ2) is 13.3. The highest BCUT2D eigenvalue weighted by Crippen LogP contribution is 2.50. The molecule has 2 aliphatic rings. The monoisotopic (exact) mass is 635 g/mol. The standard InChI is InChI=1S/C33H33NO12/c1-6-42-31(36)28(34)32(37)46-33(20-8-10-21(38-2)11-9-20)22(13-18-14-25(39-3)29(41-5)26(15-18)40-4)27(30(35)45-33)19-7-12-23-24(16-19)44-17-43-23/h7-12,14-16,28H,6,13,17,34H2,1-5H3. The van der Waals surface area contributed by atoms with E-state index < -0.39 is 29.7 Å². The Balaban J connectivity index is 1.75. The largest absolute Gasteiger partial charge is 0.497 e. The summed E-state index contributed by atoms with van der Waals surface area (Å²) in [7, 11) is 5.92. The van der Waals surface area contributed by atoms with Crippen molar-refractivity contribution in [2.45, 2.75) is 25.2 Å². The van der Waals surface area contributed by atoms with Crippen molar-refractivity contribution in [1.29, 1.82) is 0 Å². The fourth-order valence-corrected chi connectivity index (χ4v) is 5.24. The van der Waals surface area contributed by atoms with E-state index in [-0.39, 0.29) is 36.5 Å². The summed E-state index contributed by atoms with van der Waals surface area (Å²) in [6, 6.07) is 12.9. The van der Waals surface area contributed by atoms with E-state index in [1.54, 1.807) is 61.5 Å². The molecule has 13 nitrogen and oxygen atoms in total. The van der Waals surface area contributed by atoms with Gasteiger partial charge in [-0.3, -0.25) is 0 Å². The molecule has 5 rings (SSSR count). The Hall–Kier alpha value is -5.43. The number of cyclic esters (lactones) is 1. The van der Waals surface area contributed by atoms with Crippen LogP contribution in [0.5, 0.6) is 34.5 Å². The summed E-state index contributed by atoms with van der Waals surface area (Å²) in [6.07, 6.45) is -0.0415. The normalized spacial score (nSPS) is 17.2. The molecule has 0 aromatic heterocycles. The lowest BCUT2D eigenvalue weighted by molar-refractivity contribution is -0.213. The van der Waals surface area contributed by atoms with Gasteiger partial charge in [-0.15, -0.1) is 0 Å². The first kappa shape index (κ1) is 32.0. The summed E-state index contributed by atoms with van der Waals surface area (Å²) < 4.78 is 49.9. The highest BCUT2D eigenvalue weighted by Gasteiger charge is 2.54. The third kappa shape index (κ3) is 5.84. The third-order valence-corrected chi connectivity index (χ3v) is 7.42. The van der Waals surface area contributed by atoms with Crippen molar-refractivity contribution in [2.75, 3.05) is 41.8 Å². The molecule has 0 fully saturated rings. The first-order valence-electron chi connectivity index (χ1n) is 14.1. The van der Waals surface area contributed by atoms with Crippen molar-refractivity contribution >= 4 is 23.5 Å². The molecule has 2 N–H and O–H groups in total. The topological polar surface area (TPSA) is 160 Å². The van der Waals surface area contributed by atoms with Crippen LogP contribution in [0.3, 0.4) is 0 Å². The minimum absolute atomic E-state index is 0.0136. The molecule has 242 valence electrons. The van der Waals surface area contributed by atoms with Gasteiger partial charge in [0.05, 0.1) is 40.6 Å². The molecule has 0 saturated heterocycles. The number of nitrogens with two attached hydrogens (primary N) is 1. The van der Waals surface area contributed by atoms with Crippen LogP contribution in [-0.4, -0.2) is 65.8 Å². The van der Waals surface area contributed by atoms with Crippen molar-refractivity contribution in [3.05, 3.63) is 76.9 Å². The van der Waals surface area contributed by atoms with Gasteiger partial charge in [0.25, 0.3) is 0 Å². The number of ether oxygens (including phenoxy) is 9. The van der Waals surface area contributed by atoms with E-state index in [0.717, 1.165) is 0 Å². The molecule has 0 spiro atoms. The maximum absolute atomic E-state index is 14.0. The van der Waals surface area contributed by atoms with Crippen molar-refractivity contribution in [3.8, 4) is 34.5 Å². The number of esters is 3. The predicted octanol–water partition coefficient (Wildman–Crippen LogP) is 3.29. The highest BCUT2D eigenvalue weighted by molar-refractivity contribution is 6.20. The number of hydrogen-bond donors (Lipinski definition) is 1. The highest BCUT2D eigenvalue weighted by atomic mass is 16.7. The maximum atomic E-state index is 14.0. The molecule has 13 heteroatoms. The lowest BCUT2D eigenvalue weighted by Crippen LogP contribution is -2.46. The zero-order valence-electron chi connectivity index (χ0n) is 25.9. The van der Waals surface area contributed by atoms with E-state index in [1.807, 2.05) is 0 Å². The number of carbonyl (C=O) groups is 3. The van der Waals surface area contributed by atoms with Crippen molar-refractivity contribution < 1.29 is 57.0 Å². The summed E-state index contributed by atoms with van der Waals surface area (Å²) in [5, 5.41) is 0. The first-order chi connectivity index (χ1) is 22.2. The lowest BCUT2D eigenvalue weighted by atomic mass is 9.87. The van der Waals surface area contributed by atoms with E-state index in [0.29, 0.717) is 45.6 Å². The van der Waals surface area contributed by atoms with Gasteiger partial charge in [0.15, 0.2) is 23.0 Å². The van der Waals surface area contributed by atoms with Crippen molar-refractivity contribution in [1.82, 2.24) is 0 Å². The SMILES string of the molecule is CCOC(=O)C(N)C(=O)OC1(c2ccc(OC)cc2)OC(=O)C(c2ccc3c(c2)OCO3)=C1Cc1cc(OC)c(OC)c(OC)c1. The van der Waals surface area contributed by atoms with E-state index >= 15 is 0 Å². The molecular weight excluding hydrogens is 602 g/mol. The smallest absolute Gasteiger partial charge is 0.342 e. The predicted molar refractivity (Wildman–Crippen MR) is 161 cm³/mol. The Morgan fingerprint density at radius 1 is 0.870 bits per heavy atom. The Morgan fingerprint density at radius 2 is 1.54 bits per heavy atom. The minimum Gasteiger partial charge on any atom is -0.497 e. The number of fused-ring (bicyclic) bond motifs is 1. The van der Waals surface area contributed by atoms with Crippen LogP contribution in [0.15, 0.2) is 60.2 Å². The van der Waals surface area contributed by atoms with Crippen LogP contribution in [0, 0.1) is 0 Å². The molecule has 2 heterocycles. The summed E-state index contributed by atoms with van der Waals surface area (Å²) in [4.78, 5) is 39.9. The molecule has 0 radical (unpaired) electrons. The molecule has 2 atom stereocenters. The number of benzene rings is 3. The number of methoxy groups -OCH3 is 4. The molecule has 0 aliphatic carbocycles. The Kier molecular flexibility index (Phi) is 9.23. The zero-order valence-corrected chi connectivity index (χ0v) is 25.9. The molecule has 0 saturated carbocycles. The minimum atomic E-state index is -2.18. The van der Waals surface area contributed by atoms with Gasteiger partial charge < -0.3 is 48.4 Å². The van der Waals surface area contributed by atoms with Crippen LogP contribution in [0.4, 0.5) is 0 Å². The van der Waals surface area contributed by atoms with Gasteiger partial charge in [0.1, 0.15) is 5.75 Å². The van der Waals surface area contributed by atoms with E-state index in [1.165, 1.54) is 28.4 Å². The van der Waals surface area contributed by atoms with E-state index in [2.05, 4.69) is 0 Å². The number of hydrogen-bond acceptors (Lipinski definition) is 13. The molecule has 3 aromatic rings. The molecule has 3 aromatic carbocycles. The quantitative estimate of drug-likeness (QED) is 0.228. The fraction of sp³-hybridized carbons (Fsp3) is 0.303. The van der Waals surface area contributed by atoms with Gasteiger partial charge in [0, 0.05) is 17.6 Å². The van der Waals surface area contributed by atoms with Gasteiger partial charge in [-0.25, -0.2) is 14.4 Å². The van der Waals surface area contributed by atoms with Gasteiger partial charge in [-0.1, -0.05) is 6.07 Å². The second-order valence-electron chi connectivity index (χ2n) is 10.0. The number of carbonyl (C=O) groups excluding carboxylic acids is 3. The molecule has 2 aliphatic heterocycles. The van der Waals surface area contributed by atoms with Crippen LogP contribution in [0.2, 0.25) is 0 Å². The van der Waals surface area contributed by atoms with Gasteiger partial charge in [-0.05, 0) is 66.6 Å². The molecule has 46 heavy (non-hydrogen) atoms. The van der Waals surface area contributed by atoms with Crippen LogP contribution in [-0.2, 0) is 40.8 Å². The first-order valence-corrected chi connectivity index (χ1v) is 14.1. The Bertz CT molecular complexity index is 1660. The van der Waals surface area contributed by atoms with Crippen LogP contribution in [0.1, 0.15) is 23.6 Å².